The number of hydrogen-bond acceptors (Lipinski definition) is 5. The Morgan fingerprint density at radius 1 is 1.46 bits per heavy atom. The van der Waals surface area contributed by atoms with Crippen LogP contribution in [0.25, 0.3) is 0 Å². The van der Waals surface area contributed by atoms with Crippen molar-refractivity contribution in [2.45, 2.75) is 52.2 Å². The molecule has 1 aliphatic carbocycles. The van der Waals surface area contributed by atoms with E-state index in [1.807, 2.05) is 19.1 Å². The third-order valence-corrected chi connectivity index (χ3v) is 4.38. The zero-order chi connectivity index (χ0) is 17.9. The minimum atomic E-state index is -0.651. The number of esters is 2. The number of aldehydes is 1. The van der Waals surface area contributed by atoms with Gasteiger partial charge in [0.15, 0.2) is 0 Å². The van der Waals surface area contributed by atoms with Crippen molar-refractivity contribution in [1.29, 1.82) is 0 Å². The van der Waals surface area contributed by atoms with Gasteiger partial charge in [-0.3, -0.25) is 9.59 Å². The molecular formula is C19H24O5. The third kappa shape index (κ3) is 4.02. The molecule has 0 aromatic rings. The Kier molecular flexibility index (Phi) is 5.75. The van der Waals surface area contributed by atoms with E-state index in [0.29, 0.717) is 12.0 Å². The molecule has 0 radical (unpaired) electrons. The molecular weight excluding hydrogens is 308 g/mol. The normalized spacial score (nSPS) is 32.1. The van der Waals surface area contributed by atoms with Crippen LogP contribution < -0.4 is 0 Å². The molecule has 0 bridgehead atoms. The van der Waals surface area contributed by atoms with E-state index in [2.05, 4.69) is 6.58 Å². The summed E-state index contributed by atoms with van der Waals surface area (Å²) < 4.78 is 11.0. The molecule has 0 unspecified atom stereocenters. The Morgan fingerprint density at radius 2 is 2.17 bits per heavy atom. The van der Waals surface area contributed by atoms with E-state index in [1.165, 1.54) is 0 Å². The SMILES string of the molecule is C=C1C(=O)O[C@@H]2/C=C(\C)CC/C=C(\C=O)C[C@@H](OC(=O)C(C)C)[C@@H]12. The molecule has 1 fully saturated rings. The van der Waals surface area contributed by atoms with Gasteiger partial charge >= 0.3 is 11.9 Å². The van der Waals surface area contributed by atoms with Crippen LogP contribution in [0.4, 0.5) is 0 Å². The van der Waals surface area contributed by atoms with Crippen molar-refractivity contribution >= 4 is 18.2 Å². The van der Waals surface area contributed by atoms with E-state index in [4.69, 9.17) is 9.47 Å². The smallest absolute Gasteiger partial charge is 0.334 e. The maximum absolute atomic E-state index is 12.1. The van der Waals surface area contributed by atoms with Gasteiger partial charge in [-0.1, -0.05) is 32.1 Å². The Morgan fingerprint density at radius 3 is 2.79 bits per heavy atom. The average Bonchev–Trinajstić information content (AvgIpc) is 2.79. The van der Waals surface area contributed by atoms with E-state index in [-0.39, 0.29) is 23.9 Å². The minimum absolute atomic E-state index is 0.256. The monoisotopic (exact) mass is 332 g/mol. The van der Waals surface area contributed by atoms with Crippen molar-refractivity contribution < 1.29 is 23.9 Å². The summed E-state index contributed by atoms with van der Waals surface area (Å²) in [5, 5.41) is 0. The van der Waals surface area contributed by atoms with Crippen LogP contribution in [0.2, 0.25) is 0 Å². The minimum Gasteiger partial charge on any atom is -0.461 e. The summed E-state index contributed by atoms with van der Waals surface area (Å²) in [6.45, 7) is 9.26. The maximum Gasteiger partial charge on any atom is 0.334 e. The first kappa shape index (κ1) is 18.2. The highest BCUT2D eigenvalue weighted by Gasteiger charge is 2.44. The molecule has 0 spiro atoms. The number of carbonyl (C=O) groups is 3. The van der Waals surface area contributed by atoms with Crippen molar-refractivity contribution in [3.63, 3.8) is 0 Å². The van der Waals surface area contributed by atoms with Gasteiger partial charge < -0.3 is 9.47 Å². The van der Waals surface area contributed by atoms with Gasteiger partial charge in [0.25, 0.3) is 0 Å². The largest absolute Gasteiger partial charge is 0.461 e. The fourth-order valence-corrected chi connectivity index (χ4v) is 2.97. The summed E-state index contributed by atoms with van der Waals surface area (Å²) in [6, 6.07) is 0. The lowest BCUT2D eigenvalue weighted by atomic mass is 9.85. The second-order valence-corrected chi connectivity index (χ2v) is 6.70. The molecule has 130 valence electrons. The van der Waals surface area contributed by atoms with E-state index in [1.54, 1.807) is 13.8 Å². The van der Waals surface area contributed by atoms with Crippen LogP contribution >= 0.6 is 0 Å². The molecule has 0 amide bonds. The van der Waals surface area contributed by atoms with E-state index in [0.717, 1.165) is 18.3 Å². The van der Waals surface area contributed by atoms with Crippen LogP contribution in [0, 0.1) is 11.8 Å². The highest BCUT2D eigenvalue weighted by Crippen LogP contribution is 2.36. The fourth-order valence-electron chi connectivity index (χ4n) is 2.97. The zero-order valence-corrected chi connectivity index (χ0v) is 14.4. The quantitative estimate of drug-likeness (QED) is 0.344. The molecule has 1 saturated heterocycles. The highest BCUT2D eigenvalue weighted by molar-refractivity contribution is 5.91. The molecule has 0 aromatic carbocycles. The Balaban J connectivity index is 2.41. The van der Waals surface area contributed by atoms with Gasteiger partial charge in [-0.15, -0.1) is 0 Å². The Bertz CT molecular complexity index is 611. The van der Waals surface area contributed by atoms with Gasteiger partial charge in [0.1, 0.15) is 18.5 Å². The van der Waals surface area contributed by atoms with Crippen LogP contribution in [0.3, 0.4) is 0 Å². The second-order valence-electron chi connectivity index (χ2n) is 6.70. The summed E-state index contributed by atoms with van der Waals surface area (Å²) in [6.07, 6.45) is 5.13. The predicted octanol–water partition coefficient (Wildman–Crippen LogP) is 2.91. The summed E-state index contributed by atoms with van der Waals surface area (Å²) in [4.78, 5) is 35.4. The molecule has 0 saturated carbocycles. The number of allylic oxidation sites excluding steroid dienone is 2. The lowest BCUT2D eigenvalue weighted by Gasteiger charge is -2.27. The van der Waals surface area contributed by atoms with Gasteiger partial charge in [-0.2, -0.15) is 0 Å². The van der Waals surface area contributed by atoms with Crippen LogP contribution in [-0.4, -0.2) is 30.4 Å². The molecule has 2 rings (SSSR count). The molecule has 1 aliphatic heterocycles. The second kappa shape index (κ2) is 7.60. The van der Waals surface area contributed by atoms with Gasteiger partial charge in [0.2, 0.25) is 0 Å². The van der Waals surface area contributed by atoms with Crippen LogP contribution in [-0.2, 0) is 23.9 Å². The first-order chi connectivity index (χ1) is 11.3. The van der Waals surface area contributed by atoms with E-state index >= 15 is 0 Å². The summed E-state index contributed by atoms with van der Waals surface area (Å²) in [7, 11) is 0. The first-order valence-electron chi connectivity index (χ1n) is 8.25. The Labute approximate surface area is 142 Å². The molecule has 2 aliphatic rings. The standard InChI is InChI=1S/C19H24O5/c1-11(2)18(21)23-16-9-14(10-20)7-5-6-12(3)8-15-17(16)13(4)19(22)24-15/h7-8,10-11,15-17H,4-6,9H2,1-3H3/b12-8+,14-7-/t15-,16-,17+/m1/s1. The zero-order valence-electron chi connectivity index (χ0n) is 14.4. The van der Waals surface area contributed by atoms with Crippen LogP contribution in [0.1, 0.15) is 40.0 Å². The predicted molar refractivity (Wildman–Crippen MR) is 89.0 cm³/mol. The molecule has 24 heavy (non-hydrogen) atoms. The number of rotatable bonds is 3. The first-order valence-corrected chi connectivity index (χ1v) is 8.25. The molecule has 1 heterocycles. The van der Waals surface area contributed by atoms with E-state index < -0.39 is 24.1 Å². The van der Waals surface area contributed by atoms with Gasteiger partial charge in [-0.05, 0) is 31.4 Å². The topological polar surface area (TPSA) is 69.7 Å². The van der Waals surface area contributed by atoms with Crippen LogP contribution in [0.5, 0.6) is 0 Å². The molecule has 5 nitrogen and oxygen atoms in total. The van der Waals surface area contributed by atoms with Crippen molar-refractivity contribution in [2.24, 2.45) is 11.8 Å². The highest BCUT2D eigenvalue weighted by atomic mass is 16.6. The molecule has 5 heteroatoms. The van der Waals surface area contributed by atoms with Gasteiger partial charge in [0, 0.05) is 12.0 Å². The number of ether oxygens (including phenoxy) is 2. The lowest BCUT2D eigenvalue weighted by Crippen LogP contribution is -2.34. The summed E-state index contributed by atoms with van der Waals surface area (Å²) in [5.74, 6) is -1.62. The third-order valence-electron chi connectivity index (χ3n) is 4.38. The average molecular weight is 332 g/mol. The Hall–Kier alpha value is -2.17. The number of fused-ring (bicyclic) bond motifs is 1. The lowest BCUT2D eigenvalue weighted by molar-refractivity contribution is -0.155. The van der Waals surface area contributed by atoms with E-state index in [9.17, 15) is 14.4 Å². The van der Waals surface area contributed by atoms with Gasteiger partial charge in [0.05, 0.1) is 11.8 Å². The molecule has 0 N–H and O–H groups in total. The van der Waals surface area contributed by atoms with Crippen LogP contribution in [0.15, 0.2) is 35.5 Å². The number of carbonyl (C=O) groups excluding carboxylic acids is 3. The molecule has 3 atom stereocenters. The van der Waals surface area contributed by atoms with Gasteiger partial charge in [-0.25, -0.2) is 4.79 Å². The van der Waals surface area contributed by atoms with Crippen molar-refractivity contribution in [3.8, 4) is 0 Å². The van der Waals surface area contributed by atoms with Crippen molar-refractivity contribution in [2.75, 3.05) is 0 Å². The molecule has 0 aromatic heterocycles. The maximum atomic E-state index is 12.1. The summed E-state index contributed by atoms with van der Waals surface area (Å²) in [5.41, 5.74) is 1.92. The van der Waals surface area contributed by atoms with Crippen molar-refractivity contribution in [1.82, 2.24) is 0 Å². The number of hydrogen-bond donors (Lipinski definition) is 0. The summed E-state index contributed by atoms with van der Waals surface area (Å²) >= 11 is 0. The fraction of sp³-hybridized carbons (Fsp3) is 0.526. The van der Waals surface area contributed by atoms with Crippen molar-refractivity contribution in [3.05, 3.63) is 35.5 Å².